The molecule has 4 N–H and O–H groups in total. The van der Waals surface area contributed by atoms with Gasteiger partial charge in [0.05, 0.1) is 24.9 Å². The standard InChI is InChI=1S/C9H16N2O3/c10-8(12)9(11)2-1-6(3-9)14-7-4-13-5-7/h6-7H,1-5,11H2,(H2,10,12). The van der Waals surface area contributed by atoms with Gasteiger partial charge >= 0.3 is 0 Å². The first-order valence-corrected chi connectivity index (χ1v) is 4.92. The molecule has 0 aromatic heterocycles. The van der Waals surface area contributed by atoms with Gasteiger partial charge in [-0.25, -0.2) is 0 Å². The Bertz CT molecular complexity index is 242. The summed E-state index contributed by atoms with van der Waals surface area (Å²) in [6.45, 7) is 1.31. The monoisotopic (exact) mass is 200 g/mol. The summed E-state index contributed by atoms with van der Waals surface area (Å²) >= 11 is 0. The van der Waals surface area contributed by atoms with Crippen LogP contribution in [0.2, 0.25) is 0 Å². The van der Waals surface area contributed by atoms with E-state index in [1.165, 1.54) is 0 Å². The molecule has 1 amide bonds. The molecule has 14 heavy (non-hydrogen) atoms. The lowest BCUT2D eigenvalue weighted by atomic mass is 9.99. The highest BCUT2D eigenvalue weighted by Gasteiger charge is 2.42. The first-order valence-electron chi connectivity index (χ1n) is 4.92. The maximum Gasteiger partial charge on any atom is 0.237 e. The van der Waals surface area contributed by atoms with Crippen LogP contribution in [-0.2, 0) is 14.3 Å². The number of hydrogen-bond acceptors (Lipinski definition) is 4. The number of ether oxygens (including phenoxy) is 2. The van der Waals surface area contributed by atoms with Gasteiger partial charge in [0.15, 0.2) is 0 Å². The first-order chi connectivity index (χ1) is 6.60. The molecule has 0 radical (unpaired) electrons. The summed E-state index contributed by atoms with van der Waals surface area (Å²) < 4.78 is 10.7. The minimum atomic E-state index is -0.852. The maximum absolute atomic E-state index is 11.1. The number of primary amides is 1. The zero-order valence-electron chi connectivity index (χ0n) is 8.07. The van der Waals surface area contributed by atoms with Crippen LogP contribution in [0.1, 0.15) is 19.3 Å². The van der Waals surface area contributed by atoms with Gasteiger partial charge in [0.2, 0.25) is 5.91 Å². The molecule has 80 valence electrons. The lowest BCUT2D eigenvalue weighted by Gasteiger charge is -2.29. The van der Waals surface area contributed by atoms with Gasteiger partial charge in [0, 0.05) is 6.42 Å². The van der Waals surface area contributed by atoms with Crippen molar-refractivity contribution in [3.63, 3.8) is 0 Å². The molecule has 1 heterocycles. The van der Waals surface area contributed by atoms with Crippen molar-refractivity contribution in [3.8, 4) is 0 Å². The predicted molar refractivity (Wildman–Crippen MR) is 49.4 cm³/mol. The maximum atomic E-state index is 11.1. The van der Waals surface area contributed by atoms with Crippen LogP contribution < -0.4 is 11.5 Å². The van der Waals surface area contributed by atoms with Gasteiger partial charge in [-0.2, -0.15) is 0 Å². The number of hydrogen-bond donors (Lipinski definition) is 2. The second-order valence-corrected chi connectivity index (χ2v) is 4.18. The first kappa shape index (κ1) is 9.89. The van der Waals surface area contributed by atoms with E-state index in [4.69, 9.17) is 20.9 Å². The topological polar surface area (TPSA) is 87.6 Å². The van der Waals surface area contributed by atoms with Gasteiger partial charge < -0.3 is 20.9 Å². The predicted octanol–water partition coefficient (Wildman–Crippen LogP) is -0.863. The number of carbonyl (C=O) groups excluding carboxylic acids is 1. The van der Waals surface area contributed by atoms with Gasteiger partial charge in [-0.3, -0.25) is 4.79 Å². The fourth-order valence-corrected chi connectivity index (χ4v) is 1.93. The van der Waals surface area contributed by atoms with Crippen molar-refractivity contribution >= 4 is 5.91 Å². The molecule has 1 saturated carbocycles. The Morgan fingerprint density at radius 1 is 1.43 bits per heavy atom. The Labute approximate surface area is 82.7 Å². The van der Waals surface area contributed by atoms with Crippen molar-refractivity contribution in [2.24, 2.45) is 11.5 Å². The fraction of sp³-hybridized carbons (Fsp3) is 0.889. The third-order valence-electron chi connectivity index (χ3n) is 2.99. The van der Waals surface area contributed by atoms with Crippen LogP contribution in [0.25, 0.3) is 0 Å². The van der Waals surface area contributed by atoms with Gasteiger partial charge in [0.25, 0.3) is 0 Å². The minimum absolute atomic E-state index is 0.0707. The zero-order valence-corrected chi connectivity index (χ0v) is 8.07. The van der Waals surface area contributed by atoms with Gasteiger partial charge in [-0.05, 0) is 12.8 Å². The summed E-state index contributed by atoms with van der Waals surface area (Å²) in [6, 6.07) is 0. The summed E-state index contributed by atoms with van der Waals surface area (Å²) in [5.74, 6) is -0.423. The molecule has 2 unspecified atom stereocenters. The normalized spacial score (nSPS) is 38.2. The van der Waals surface area contributed by atoms with E-state index in [2.05, 4.69) is 0 Å². The SMILES string of the molecule is NC(=O)C1(N)CCC(OC2COC2)C1. The largest absolute Gasteiger partial charge is 0.376 e. The van der Waals surface area contributed by atoms with Crippen LogP contribution in [0.4, 0.5) is 0 Å². The Kier molecular flexibility index (Phi) is 2.47. The molecule has 1 saturated heterocycles. The highest BCUT2D eigenvalue weighted by molar-refractivity contribution is 5.84. The van der Waals surface area contributed by atoms with Crippen LogP contribution >= 0.6 is 0 Å². The average Bonchev–Trinajstić information content (AvgIpc) is 2.42. The number of amides is 1. The molecule has 1 aliphatic heterocycles. The van der Waals surface area contributed by atoms with Gasteiger partial charge in [-0.15, -0.1) is 0 Å². The molecular weight excluding hydrogens is 184 g/mol. The molecule has 0 spiro atoms. The fourth-order valence-electron chi connectivity index (χ4n) is 1.93. The van der Waals surface area contributed by atoms with E-state index in [1.54, 1.807) is 0 Å². The highest BCUT2D eigenvalue weighted by atomic mass is 16.6. The number of rotatable bonds is 3. The van der Waals surface area contributed by atoms with Crippen molar-refractivity contribution < 1.29 is 14.3 Å². The lowest BCUT2D eigenvalue weighted by molar-refractivity contribution is -0.154. The van der Waals surface area contributed by atoms with Gasteiger partial charge in [0.1, 0.15) is 6.10 Å². The highest BCUT2D eigenvalue weighted by Crippen LogP contribution is 2.31. The molecular formula is C9H16N2O3. The Morgan fingerprint density at radius 2 is 2.14 bits per heavy atom. The average molecular weight is 200 g/mol. The molecule has 0 aromatic carbocycles. The quantitative estimate of drug-likeness (QED) is 0.620. The van der Waals surface area contributed by atoms with Crippen molar-refractivity contribution in [2.45, 2.75) is 37.0 Å². The van der Waals surface area contributed by atoms with Crippen LogP contribution in [0.3, 0.4) is 0 Å². The van der Waals surface area contributed by atoms with Crippen molar-refractivity contribution in [3.05, 3.63) is 0 Å². The molecule has 2 fully saturated rings. The molecule has 5 heteroatoms. The molecule has 0 bridgehead atoms. The summed E-state index contributed by atoms with van der Waals surface area (Å²) in [4.78, 5) is 11.1. The minimum Gasteiger partial charge on any atom is -0.376 e. The van der Waals surface area contributed by atoms with Crippen LogP contribution in [0, 0.1) is 0 Å². The Balaban J connectivity index is 1.84. The van der Waals surface area contributed by atoms with E-state index in [9.17, 15) is 4.79 Å². The van der Waals surface area contributed by atoms with Crippen molar-refractivity contribution in [2.75, 3.05) is 13.2 Å². The van der Waals surface area contributed by atoms with E-state index in [0.717, 1.165) is 6.42 Å². The smallest absolute Gasteiger partial charge is 0.237 e. The van der Waals surface area contributed by atoms with E-state index in [-0.39, 0.29) is 12.2 Å². The van der Waals surface area contributed by atoms with E-state index in [0.29, 0.717) is 26.1 Å². The molecule has 0 aromatic rings. The third-order valence-corrected chi connectivity index (χ3v) is 2.99. The van der Waals surface area contributed by atoms with E-state index >= 15 is 0 Å². The molecule has 2 aliphatic rings. The van der Waals surface area contributed by atoms with Crippen molar-refractivity contribution in [1.82, 2.24) is 0 Å². The molecule has 5 nitrogen and oxygen atoms in total. The molecule has 2 rings (SSSR count). The summed E-state index contributed by atoms with van der Waals surface area (Å²) in [6.07, 6.45) is 2.24. The lowest BCUT2D eigenvalue weighted by Crippen LogP contribution is -2.50. The van der Waals surface area contributed by atoms with E-state index < -0.39 is 11.4 Å². The molecule has 2 atom stereocenters. The zero-order chi connectivity index (χ0) is 10.2. The third kappa shape index (κ3) is 1.75. The Hall–Kier alpha value is -0.650. The van der Waals surface area contributed by atoms with Crippen LogP contribution in [0.15, 0.2) is 0 Å². The van der Waals surface area contributed by atoms with Crippen LogP contribution in [-0.4, -0.2) is 36.9 Å². The Morgan fingerprint density at radius 3 is 2.57 bits per heavy atom. The second kappa shape index (κ2) is 3.49. The van der Waals surface area contributed by atoms with E-state index in [1.807, 2.05) is 0 Å². The van der Waals surface area contributed by atoms with Crippen LogP contribution in [0.5, 0.6) is 0 Å². The molecule has 1 aliphatic carbocycles. The summed E-state index contributed by atoms with van der Waals surface area (Å²) in [5.41, 5.74) is 10.2. The number of carbonyl (C=O) groups is 1. The van der Waals surface area contributed by atoms with Crippen molar-refractivity contribution in [1.29, 1.82) is 0 Å². The summed E-state index contributed by atoms with van der Waals surface area (Å²) in [7, 11) is 0. The number of nitrogens with two attached hydrogens (primary N) is 2. The summed E-state index contributed by atoms with van der Waals surface area (Å²) in [5, 5.41) is 0. The van der Waals surface area contributed by atoms with Gasteiger partial charge in [-0.1, -0.05) is 0 Å². The second-order valence-electron chi connectivity index (χ2n) is 4.18.